The summed E-state index contributed by atoms with van der Waals surface area (Å²) in [6.45, 7) is 6.02. The van der Waals surface area contributed by atoms with Crippen molar-refractivity contribution in [2.24, 2.45) is 0 Å². The number of halogens is 1. The van der Waals surface area contributed by atoms with Gasteiger partial charge in [-0.3, -0.25) is 0 Å². The van der Waals surface area contributed by atoms with E-state index in [-0.39, 0.29) is 5.82 Å². The van der Waals surface area contributed by atoms with E-state index < -0.39 is 0 Å². The molecule has 0 spiro atoms. The van der Waals surface area contributed by atoms with E-state index in [0.717, 1.165) is 22.3 Å². The SMILES string of the molecule is Cc1ccc(C)c(-c2cc(C)ccc2F)c1. The fourth-order valence-electron chi connectivity index (χ4n) is 1.87. The minimum atomic E-state index is -0.153. The zero-order chi connectivity index (χ0) is 11.7. The first-order chi connectivity index (χ1) is 7.58. The van der Waals surface area contributed by atoms with Gasteiger partial charge in [0.2, 0.25) is 0 Å². The van der Waals surface area contributed by atoms with Gasteiger partial charge in [0.1, 0.15) is 5.82 Å². The molecule has 0 fully saturated rings. The predicted molar refractivity (Wildman–Crippen MR) is 66.0 cm³/mol. The summed E-state index contributed by atoms with van der Waals surface area (Å²) in [5.41, 5.74) is 5.02. The molecule has 2 aromatic rings. The molecule has 0 amide bonds. The van der Waals surface area contributed by atoms with Gasteiger partial charge in [-0.1, -0.05) is 35.4 Å². The van der Waals surface area contributed by atoms with Crippen LogP contribution in [0.25, 0.3) is 11.1 Å². The molecule has 0 aromatic heterocycles. The fraction of sp³-hybridized carbons (Fsp3) is 0.200. The van der Waals surface area contributed by atoms with E-state index in [9.17, 15) is 4.39 Å². The summed E-state index contributed by atoms with van der Waals surface area (Å²) in [5.74, 6) is -0.153. The molecule has 0 saturated carbocycles. The lowest BCUT2D eigenvalue weighted by atomic mass is 9.97. The molecule has 0 unspecified atom stereocenters. The van der Waals surface area contributed by atoms with Crippen molar-refractivity contribution in [1.82, 2.24) is 0 Å². The molecule has 0 aliphatic heterocycles. The Kier molecular flexibility index (Phi) is 2.78. The molecule has 1 heteroatoms. The molecule has 0 atom stereocenters. The highest BCUT2D eigenvalue weighted by Crippen LogP contribution is 2.27. The molecule has 0 radical (unpaired) electrons. The van der Waals surface area contributed by atoms with Crippen LogP contribution in [0.4, 0.5) is 4.39 Å². The molecule has 0 heterocycles. The van der Waals surface area contributed by atoms with Crippen LogP contribution in [0.3, 0.4) is 0 Å². The van der Waals surface area contributed by atoms with E-state index in [1.165, 1.54) is 6.07 Å². The highest BCUT2D eigenvalue weighted by atomic mass is 19.1. The molecule has 0 saturated heterocycles. The van der Waals surface area contributed by atoms with Crippen LogP contribution in [-0.4, -0.2) is 0 Å². The van der Waals surface area contributed by atoms with E-state index in [2.05, 4.69) is 0 Å². The van der Waals surface area contributed by atoms with Crippen molar-refractivity contribution < 1.29 is 4.39 Å². The topological polar surface area (TPSA) is 0 Å². The Bertz CT molecular complexity index is 477. The molecular weight excluding hydrogens is 199 g/mol. The molecule has 0 nitrogen and oxygen atoms in total. The van der Waals surface area contributed by atoms with Crippen molar-refractivity contribution in [3.05, 3.63) is 58.9 Å². The lowest BCUT2D eigenvalue weighted by molar-refractivity contribution is 0.631. The molecule has 2 aromatic carbocycles. The molecule has 0 aliphatic rings. The molecule has 16 heavy (non-hydrogen) atoms. The van der Waals surface area contributed by atoms with Crippen molar-refractivity contribution in [1.29, 1.82) is 0 Å². The zero-order valence-corrected chi connectivity index (χ0v) is 9.84. The van der Waals surface area contributed by atoms with Gasteiger partial charge in [-0.05, 0) is 44.0 Å². The van der Waals surface area contributed by atoms with Crippen LogP contribution in [0.5, 0.6) is 0 Å². The Hall–Kier alpha value is -1.63. The Labute approximate surface area is 95.7 Å². The van der Waals surface area contributed by atoms with Crippen LogP contribution in [-0.2, 0) is 0 Å². The Morgan fingerprint density at radius 3 is 2.00 bits per heavy atom. The molecule has 0 bridgehead atoms. The predicted octanol–water partition coefficient (Wildman–Crippen LogP) is 4.42. The lowest BCUT2D eigenvalue weighted by Crippen LogP contribution is -1.89. The van der Waals surface area contributed by atoms with E-state index in [1.807, 2.05) is 45.0 Å². The standard InChI is InChI=1S/C15H15F/c1-10-4-6-12(3)13(8-10)14-9-11(2)5-7-15(14)16/h4-9H,1-3H3. The van der Waals surface area contributed by atoms with Gasteiger partial charge in [-0.15, -0.1) is 0 Å². The van der Waals surface area contributed by atoms with Gasteiger partial charge < -0.3 is 0 Å². The first kappa shape index (κ1) is 10.9. The summed E-state index contributed by atoms with van der Waals surface area (Å²) in [6.07, 6.45) is 0. The van der Waals surface area contributed by atoms with Crippen LogP contribution in [0, 0.1) is 26.6 Å². The average Bonchev–Trinajstić information content (AvgIpc) is 2.25. The minimum Gasteiger partial charge on any atom is -0.206 e. The Morgan fingerprint density at radius 2 is 1.31 bits per heavy atom. The summed E-state index contributed by atoms with van der Waals surface area (Å²) >= 11 is 0. The number of hydrogen-bond donors (Lipinski definition) is 0. The number of aryl methyl sites for hydroxylation is 3. The van der Waals surface area contributed by atoms with E-state index in [4.69, 9.17) is 0 Å². The quantitative estimate of drug-likeness (QED) is 0.659. The highest BCUT2D eigenvalue weighted by Gasteiger charge is 2.07. The first-order valence-electron chi connectivity index (χ1n) is 5.42. The maximum atomic E-state index is 13.8. The van der Waals surface area contributed by atoms with Crippen molar-refractivity contribution >= 4 is 0 Å². The smallest absolute Gasteiger partial charge is 0.131 e. The van der Waals surface area contributed by atoms with Crippen LogP contribution in [0.15, 0.2) is 36.4 Å². The minimum absolute atomic E-state index is 0.153. The van der Waals surface area contributed by atoms with E-state index in [1.54, 1.807) is 6.07 Å². The number of rotatable bonds is 1. The average molecular weight is 214 g/mol. The zero-order valence-electron chi connectivity index (χ0n) is 9.84. The third-order valence-electron chi connectivity index (χ3n) is 2.81. The maximum absolute atomic E-state index is 13.8. The summed E-state index contributed by atoms with van der Waals surface area (Å²) < 4.78 is 13.8. The number of hydrogen-bond acceptors (Lipinski definition) is 0. The van der Waals surface area contributed by atoms with Crippen molar-refractivity contribution in [3.63, 3.8) is 0 Å². The van der Waals surface area contributed by atoms with Crippen LogP contribution < -0.4 is 0 Å². The second kappa shape index (κ2) is 4.09. The largest absolute Gasteiger partial charge is 0.206 e. The maximum Gasteiger partial charge on any atom is 0.131 e. The second-order valence-corrected chi connectivity index (χ2v) is 4.30. The van der Waals surface area contributed by atoms with Gasteiger partial charge in [0, 0.05) is 5.56 Å². The molecular formula is C15H15F. The summed E-state index contributed by atoms with van der Waals surface area (Å²) in [6, 6.07) is 11.3. The van der Waals surface area contributed by atoms with Gasteiger partial charge in [-0.25, -0.2) is 4.39 Å². The van der Waals surface area contributed by atoms with Gasteiger partial charge in [0.15, 0.2) is 0 Å². The molecule has 82 valence electrons. The van der Waals surface area contributed by atoms with Gasteiger partial charge in [0.25, 0.3) is 0 Å². The van der Waals surface area contributed by atoms with Crippen LogP contribution in [0.1, 0.15) is 16.7 Å². The normalized spacial score (nSPS) is 10.5. The number of benzene rings is 2. The molecule has 2 rings (SSSR count). The van der Waals surface area contributed by atoms with Crippen molar-refractivity contribution in [2.45, 2.75) is 20.8 Å². The third-order valence-corrected chi connectivity index (χ3v) is 2.81. The van der Waals surface area contributed by atoms with E-state index >= 15 is 0 Å². The summed E-state index contributed by atoms with van der Waals surface area (Å²) in [4.78, 5) is 0. The van der Waals surface area contributed by atoms with Crippen molar-refractivity contribution in [2.75, 3.05) is 0 Å². The Morgan fingerprint density at radius 1 is 0.750 bits per heavy atom. The summed E-state index contributed by atoms with van der Waals surface area (Å²) in [7, 11) is 0. The van der Waals surface area contributed by atoms with Gasteiger partial charge in [-0.2, -0.15) is 0 Å². The van der Waals surface area contributed by atoms with Crippen LogP contribution in [0.2, 0.25) is 0 Å². The monoisotopic (exact) mass is 214 g/mol. The third kappa shape index (κ3) is 1.99. The second-order valence-electron chi connectivity index (χ2n) is 4.30. The first-order valence-corrected chi connectivity index (χ1v) is 5.42. The van der Waals surface area contributed by atoms with Gasteiger partial charge >= 0.3 is 0 Å². The van der Waals surface area contributed by atoms with Crippen molar-refractivity contribution in [3.8, 4) is 11.1 Å². The highest BCUT2D eigenvalue weighted by molar-refractivity contribution is 5.69. The lowest BCUT2D eigenvalue weighted by Gasteiger charge is -2.09. The molecule has 0 aliphatic carbocycles. The molecule has 0 N–H and O–H groups in total. The fourth-order valence-corrected chi connectivity index (χ4v) is 1.87. The summed E-state index contributed by atoms with van der Waals surface area (Å²) in [5, 5.41) is 0. The van der Waals surface area contributed by atoms with E-state index in [0.29, 0.717) is 5.56 Å². The van der Waals surface area contributed by atoms with Gasteiger partial charge in [0.05, 0.1) is 0 Å². The Balaban J connectivity index is 2.66. The van der Waals surface area contributed by atoms with Crippen LogP contribution >= 0.6 is 0 Å².